The number of benzene rings is 1. The zero-order valence-corrected chi connectivity index (χ0v) is 15.6. The van der Waals surface area contributed by atoms with Crippen LogP contribution in [0.15, 0.2) is 51.5 Å². The molecule has 4 rings (SSSR count). The fourth-order valence-electron chi connectivity index (χ4n) is 2.86. The van der Waals surface area contributed by atoms with Crippen LogP contribution in [0.4, 0.5) is 11.5 Å². The van der Waals surface area contributed by atoms with Gasteiger partial charge in [-0.1, -0.05) is 18.2 Å². The van der Waals surface area contributed by atoms with Crippen LogP contribution in [0.3, 0.4) is 0 Å². The molecule has 0 unspecified atom stereocenters. The molecule has 0 N–H and O–H groups in total. The molecule has 27 heavy (non-hydrogen) atoms. The molecule has 0 bridgehead atoms. The van der Waals surface area contributed by atoms with E-state index in [2.05, 4.69) is 31.1 Å². The van der Waals surface area contributed by atoms with Crippen molar-refractivity contribution in [1.29, 1.82) is 0 Å². The smallest absolute Gasteiger partial charge is 0.288 e. The topological polar surface area (TPSA) is 107 Å². The van der Waals surface area contributed by atoms with Crippen molar-refractivity contribution in [1.82, 2.24) is 15.2 Å². The molecule has 0 radical (unpaired) electrons. The Hall–Kier alpha value is -2.85. The van der Waals surface area contributed by atoms with Gasteiger partial charge in [0.05, 0.1) is 22.6 Å². The molecule has 10 heteroatoms. The first-order valence-electron chi connectivity index (χ1n) is 8.16. The normalized spacial score (nSPS) is 17.1. The van der Waals surface area contributed by atoms with E-state index in [0.29, 0.717) is 41.8 Å². The van der Waals surface area contributed by atoms with Crippen molar-refractivity contribution in [3.8, 4) is 11.5 Å². The van der Waals surface area contributed by atoms with Crippen molar-refractivity contribution in [2.24, 2.45) is 0 Å². The molecule has 138 valence electrons. The molecule has 1 aliphatic rings. The number of hydrogen-bond donors (Lipinski definition) is 0. The Labute approximate surface area is 162 Å². The first kappa shape index (κ1) is 17.6. The molecule has 1 aliphatic heterocycles. The molecular weight excluding hydrogens is 418 g/mol. The van der Waals surface area contributed by atoms with E-state index in [1.165, 1.54) is 12.3 Å². The zero-order valence-electron chi connectivity index (χ0n) is 14.0. The van der Waals surface area contributed by atoms with Crippen LogP contribution in [0.5, 0.6) is 0 Å². The fourth-order valence-corrected chi connectivity index (χ4v) is 3.42. The minimum absolute atomic E-state index is 0.0837. The quantitative estimate of drug-likeness (QED) is 0.456. The van der Waals surface area contributed by atoms with Crippen LogP contribution in [0.2, 0.25) is 0 Å². The maximum Gasteiger partial charge on any atom is 0.288 e. The molecule has 0 aliphatic carbocycles. The van der Waals surface area contributed by atoms with Crippen molar-refractivity contribution in [2.75, 3.05) is 24.7 Å². The fraction of sp³-hybridized carbons (Fsp3) is 0.235. The van der Waals surface area contributed by atoms with E-state index in [-0.39, 0.29) is 11.7 Å². The molecule has 9 nitrogen and oxygen atoms in total. The lowest BCUT2D eigenvalue weighted by Crippen LogP contribution is -2.40. The van der Waals surface area contributed by atoms with E-state index in [9.17, 15) is 10.1 Å². The van der Waals surface area contributed by atoms with Crippen molar-refractivity contribution < 1.29 is 14.1 Å². The van der Waals surface area contributed by atoms with E-state index in [0.717, 1.165) is 5.56 Å². The summed E-state index contributed by atoms with van der Waals surface area (Å²) in [5.74, 6) is 1.39. The van der Waals surface area contributed by atoms with Gasteiger partial charge >= 0.3 is 0 Å². The van der Waals surface area contributed by atoms with Crippen LogP contribution in [0.25, 0.3) is 11.5 Å². The predicted molar refractivity (Wildman–Crippen MR) is 99.2 cm³/mol. The molecule has 3 heterocycles. The lowest BCUT2D eigenvalue weighted by molar-refractivity contribution is -0.385. The van der Waals surface area contributed by atoms with Gasteiger partial charge in [-0.25, -0.2) is 4.98 Å². The number of hydrogen-bond acceptors (Lipinski definition) is 8. The number of halogens is 1. The van der Waals surface area contributed by atoms with Crippen molar-refractivity contribution >= 4 is 27.4 Å². The minimum Gasteiger partial charge on any atom is -0.418 e. The number of ether oxygens (including phenoxy) is 1. The molecule has 1 aromatic carbocycles. The summed E-state index contributed by atoms with van der Waals surface area (Å²) in [4.78, 5) is 16.7. The van der Waals surface area contributed by atoms with Gasteiger partial charge < -0.3 is 14.1 Å². The number of morpholine rings is 1. The average Bonchev–Trinajstić information content (AvgIpc) is 3.19. The van der Waals surface area contributed by atoms with Crippen molar-refractivity contribution in [3.63, 3.8) is 0 Å². The minimum atomic E-state index is -0.484. The molecule has 1 saturated heterocycles. The third kappa shape index (κ3) is 3.53. The predicted octanol–water partition coefficient (Wildman–Crippen LogP) is 3.38. The van der Waals surface area contributed by atoms with Crippen molar-refractivity contribution in [2.45, 2.75) is 6.04 Å². The highest BCUT2D eigenvalue weighted by Gasteiger charge is 2.32. The first-order valence-corrected chi connectivity index (χ1v) is 8.96. The molecule has 1 atom stereocenters. The highest BCUT2D eigenvalue weighted by atomic mass is 79.9. The number of rotatable bonds is 4. The number of nitrogens with zero attached hydrogens (tertiary/aromatic N) is 5. The van der Waals surface area contributed by atoms with Gasteiger partial charge in [-0.2, -0.15) is 0 Å². The van der Waals surface area contributed by atoms with Crippen molar-refractivity contribution in [3.05, 3.63) is 63.1 Å². The summed E-state index contributed by atoms with van der Waals surface area (Å²) < 4.78 is 12.0. The number of nitro groups is 1. The highest BCUT2D eigenvalue weighted by molar-refractivity contribution is 9.10. The van der Waals surface area contributed by atoms with Crippen LogP contribution < -0.4 is 4.90 Å². The van der Waals surface area contributed by atoms with Crippen LogP contribution in [-0.4, -0.2) is 39.9 Å². The standard InChI is InChI=1S/C17H14BrN5O4/c18-13-8-12(23(24)25)9-19-15(13)22-6-7-26-10-14(22)17-21-20-16(27-17)11-4-2-1-3-5-11/h1-5,8-9,14H,6-7,10H2/t14-/m0/s1. The zero-order chi connectivity index (χ0) is 18.8. The third-order valence-corrected chi connectivity index (χ3v) is 4.75. The maximum absolute atomic E-state index is 10.9. The van der Waals surface area contributed by atoms with Crippen LogP contribution in [-0.2, 0) is 4.74 Å². The largest absolute Gasteiger partial charge is 0.418 e. The molecule has 0 saturated carbocycles. The Kier molecular flexibility index (Phi) is 4.82. The van der Waals surface area contributed by atoms with Gasteiger partial charge in [-0.05, 0) is 28.1 Å². The Bertz CT molecular complexity index is 965. The Morgan fingerprint density at radius 3 is 2.81 bits per heavy atom. The van der Waals surface area contributed by atoms with Crippen LogP contribution in [0, 0.1) is 10.1 Å². The third-order valence-electron chi connectivity index (χ3n) is 4.17. The lowest BCUT2D eigenvalue weighted by Gasteiger charge is -2.34. The Morgan fingerprint density at radius 1 is 1.26 bits per heavy atom. The van der Waals surface area contributed by atoms with Crippen LogP contribution >= 0.6 is 15.9 Å². The Morgan fingerprint density at radius 2 is 2.07 bits per heavy atom. The van der Waals surface area contributed by atoms with Crippen LogP contribution in [0.1, 0.15) is 11.9 Å². The summed E-state index contributed by atoms with van der Waals surface area (Å²) in [6.45, 7) is 1.39. The maximum atomic E-state index is 10.9. The SMILES string of the molecule is O=[N+]([O-])c1cnc(N2CCOC[C@H]2c2nnc(-c3ccccc3)o2)c(Br)c1. The lowest BCUT2D eigenvalue weighted by atomic mass is 10.2. The van der Waals surface area contributed by atoms with Gasteiger partial charge in [0.1, 0.15) is 18.1 Å². The molecule has 0 amide bonds. The average molecular weight is 432 g/mol. The van der Waals surface area contributed by atoms with E-state index in [1.54, 1.807) is 0 Å². The number of aromatic nitrogens is 3. The van der Waals surface area contributed by atoms with Gasteiger partial charge in [0, 0.05) is 18.2 Å². The van der Waals surface area contributed by atoms with Gasteiger partial charge in [-0.3, -0.25) is 10.1 Å². The summed E-state index contributed by atoms with van der Waals surface area (Å²) >= 11 is 3.38. The van der Waals surface area contributed by atoms with E-state index < -0.39 is 4.92 Å². The van der Waals surface area contributed by atoms with E-state index >= 15 is 0 Å². The van der Waals surface area contributed by atoms with E-state index in [1.807, 2.05) is 35.2 Å². The summed E-state index contributed by atoms with van der Waals surface area (Å²) in [6.07, 6.45) is 1.23. The van der Waals surface area contributed by atoms with E-state index in [4.69, 9.17) is 9.15 Å². The molecule has 0 spiro atoms. The molecular formula is C17H14BrN5O4. The van der Waals surface area contributed by atoms with Gasteiger partial charge in [-0.15, -0.1) is 10.2 Å². The molecule has 3 aromatic rings. The monoisotopic (exact) mass is 431 g/mol. The van der Waals surface area contributed by atoms with Gasteiger partial charge in [0.15, 0.2) is 0 Å². The Balaban J connectivity index is 1.66. The summed E-state index contributed by atoms with van der Waals surface area (Å²) in [6, 6.07) is 10.6. The van der Waals surface area contributed by atoms with Gasteiger partial charge in [0.25, 0.3) is 5.69 Å². The number of pyridine rings is 1. The molecule has 1 fully saturated rings. The second-order valence-electron chi connectivity index (χ2n) is 5.85. The second kappa shape index (κ2) is 7.41. The molecule has 2 aromatic heterocycles. The van der Waals surface area contributed by atoms with Gasteiger partial charge in [0.2, 0.25) is 11.8 Å². The summed E-state index contributed by atoms with van der Waals surface area (Å²) in [7, 11) is 0. The first-order chi connectivity index (χ1) is 13.1. The summed E-state index contributed by atoms with van der Waals surface area (Å²) in [5.41, 5.74) is 0.744. The number of anilines is 1. The highest BCUT2D eigenvalue weighted by Crippen LogP contribution is 2.35. The second-order valence-corrected chi connectivity index (χ2v) is 6.71. The summed E-state index contributed by atoms with van der Waals surface area (Å²) in [5, 5.41) is 19.2.